The van der Waals surface area contributed by atoms with Crippen LogP contribution in [-0.2, 0) is 4.79 Å². The highest BCUT2D eigenvalue weighted by Gasteiger charge is 2.22. The average molecular weight is 342 g/mol. The summed E-state index contributed by atoms with van der Waals surface area (Å²) in [6.07, 6.45) is -1.08. The molecular formula is C14H10BrClO3. The van der Waals surface area contributed by atoms with Gasteiger partial charge < -0.3 is 9.84 Å². The fourth-order valence-electron chi connectivity index (χ4n) is 1.59. The first-order chi connectivity index (χ1) is 9.08. The number of benzene rings is 2. The van der Waals surface area contributed by atoms with Gasteiger partial charge in [-0.1, -0.05) is 57.9 Å². The predicted octanol–water partition coefficient (Wildman–Crippen LogP) is 4.31. The van der Waals surface area contributed by atoms with Gasteiger partial charge in [0, 0.05) is 10.0 Å². The maximum Gasteiger partial charge on any atom is 0.349 e. The number of hydrogen-bond acceptors (Lipinski definition) is 2. The van der Waals surface area contributed by atoms with Crippen molar-refractivity contribution in [1.29, 1.82) is 0 Å². The Bertz CT molecular complexity index is 586. The Morgan fingerprint density at radius 2 is 1.89 bits per heavy atom. The Morgan fingerprint density at radius 1 is 1.21 bits per heavy atom. The van der Waals surface area contributed by atoms with Gasteiger partial charge in [-0.2, -0.15) is 0 Å². The molecule has 1 N–H and O–H groups in total. The van der Waals surface area contributed by atoms with E-state index in [-0.39, 0.29) is 0 Å². The SMILES string of the molecule is O=C(O)[C@H](Oc1ccc(Br)cc1Cl)c1ccccc1. The topological polar surface area (TPSA) is 46.5 Å². The van der Waals surface area contributed by atoms with E-state index in [9.17, 15) is 9.90 Å². The normalized spacial score (nSPS) is 11.9. The van der Waals surface area contributed by atoms with E-state index in [0.29, 0.717) is 16.3 Å². The summed E-state index contributed by atoms with van der Waals surface area (Å²) in [5.74, 6) is -0.730. The zero-order valence-corrected chi connectivity index (χ0v) is 12.1. The quantitative estimate of drug-likeness (QED) is 0.901. The maximum absolute atomic E-state index is 11.3. The number of hydrogen-bond donors (Lipinski definition) is 1. The summed E-state index contributed by atoms with van der Waals surface area (Å²) in [5, 5.41) is 9.61. The highest BCUT2D eigenvalue weighted by atomic mass is 79.9. The van der Waals surface area contributed by atoms with Gasteiger partial charge in [0.15, 0.2) is 0 Å². The second-order valence-electron chi connectivity index (χ2n) is 3.82. The molecule has 0 aliphatic heterocycles. The number of carbonyl (C=O) groups is 1. The molecule has 0 saturated carbocycles. The molecule has 0 radical (unpaired) electrons. The fraction of sp³-hybridized carbons (Fsp3) is 0.0714. The summed E-state index contributed by atoms with van der Waals surface area (Å²) in [7, 11) is 0. The summed E-state index contributed by atoms with van der Waals surface area (Å²) < 4.78 is 6.30. The van der Waals surface area contributed by atoms with Crippen molar-refractivity contribution in [1.82, 2.24) is 0 Å². The van der Waals surface area contributed by atoms with E-state index in [1.807, 2.05) is 6.07 Å². The van der Waals surface area contributed by atoms with Gasteiger partial charge in [-0.15, -0.1) is 0 Å². The van der Waals surface area contributed by atoms with E-state index < -0.39 is 12.1 Å². The Labute approximate surface area is 123 Å². The van der Waals surface area contributed by atoms with Crippen LogP contribution in [0.4, 0.5) is 0 Å². The van der Waals surface area contributed by atoms with E-state index >= 15 is 0 Å². The molecule has 0 fully saturated rings. The molecule has 3 nitrogen and oxygen atoms in total. The van der Waals surface area contributed by atoms with Crippen LogP contribution in [0.15, 0.2) is 53.0 Å². The first-order valence-corrected chi connectivity index (χ1v) is 6.64. The van der Waals surface area contributed by atoms with Crippen LogP contribution < -0.4 is 4.74 Å². The van der Waals surface area contributed by atoms with Crippen LogP contribution in [0, 0.1) is 0 Å². The lowest BCUT2D eigenvalue weighted by atomic mass is 10.1. The molecule has 0 aromatic heterocycles. The van der Waals surface area contributed by atoms with E-state index in [1.165, 1.54) is 0 Å². The molecule has 2 aromatic rings. The molecule has 98 valence electrons. The summed E-state index contributed by atoms with van der Waals surface area (Å²) in [6, 6.07) is 13.8. The second kappa shape index (κ2) is 6.08. The second-order valence-corrected chi connectivity index (χ2v) is 5.14. The lowest BCUT2D eigenvalue weighted by Crippen LogP contribution is -2.18. The molecular weight excluding hydrogens is 332 g/mol. The van der Waals surface area contributed by atoms with Gasteiger partial charge in [0.05, 0.1) is 5.02 Å². The minimum atomic E-state index is -1.08. The third-order valence-electron chi connectivity index (χ3n) is 2.47. The van der Waals surface area contributed by atoms with Crippen LogP contribution in [0.5, 0.6) is 5.75 Å². The molecule has 0 heterocycles. The molecule has 0 saturated heterocycles. The third kappa shape index (κ3) is 3.49. The molecule has 0 aliphatic carbocycles. The largest absolute Gasteiger partial charge is 0.478 e. The molecule has 1 atom stereocenters. The molecule has 0 unspecified atom stereocenters. The minimum absolute atomic E-state index is 0.334. The van der Waals surface area contributed by atoms with Gasteiger partial charge in [-0.05, 0) is 18.2 Å². The first-order valence-electron chi connectivity index (χ1n) is 5.47. The molecule has 19 heavy (non-hydrogen) atoms. The summed E-state index contributed by atoms with van der Waals surface area (Å²) in [5.41, 5.74) is 0.564. The predicted molar refractivity (Wildman–Crippen MR) is 76.6 cm³/mol. The van der Waals surface area contributed by atoms with Gasteiger partial charge in [-0.3, -0.25) is 0 Å². The van der Waals surface area contributed by atoms with Crippen molar-refractivity contribution in [3.05, 3.63) is 63.6 Å². The van der Waals surface area contributed by atoms with Gasteiger partial charge in [0.25, 0.3) is 0 Å². The molecule has 2 rings (SSSR count). The zero-order valence-electron chi connectivity index (χ0n) is 9.72. The molecule has 0 spiro atoms. The number of rotatable bonds is 4. The standard InChI is InChI=1S/C14H10BrClO3/c15-10-6-7-12(11(16)8-10)19-13(14(17)18)9-4-2-1-3-5-9/h1-8,13H,(H,17,18)/t13-/m1/s1. The van der Waals surface area contributed by atoms with Crippen molar-refractivity contribution in [3.63, 3.8) is 0 Å². The lowest BCUT2D eigenvalue weighted by Gasteiger charge is -2.16. The summed E-state index contributed by atoms with van der Waals surface area (Å²) in [6.45, 7) is 0. The smallest absolute Gasteiger partial charge is 0.349 e. The summed E-state index contributed by atoms with van der Waals surface area (Å²) in [4.78, 5) is 11.3. The van der Waals surface area contributed by atoms with Crippen LogP contribution in [0.3, 0.4) is 0 Å². The zero-order chi connectivity index (χ0) is 13.8. The van der Waals surface area contributed by atoms with Gasteiger partial charge in [0.2, 0.25) is 6.10 Å². The van der Waals surface area contributed by atoms with Crippen molar-refractivity contribution in [2.24, 2.45) is 0 Å². The highest BCUT2D eigenvalue weighted by Crippen LogP contribution is 2.31. The minimum Gasteiger partial charge on any atom is -0.478 e. The molecule has 0 aliphatic rings. The Hall–Kier alpha value is -1.52. The molecule has 0 amide bonds. The van der Waals surface area contributed by atoms with Crippen LogP contribution in [0.25, 0.3) is 0 Å². The van der Waals surface area contributed by atoms with E-state index in [1.54, 1.807) is 42.5 Å². The monoisotopic (exact) mass is 340 g/mol. The van der Waals surface area contributed by atoms with Gasteiger partial charge >= 0.3 is 5.97 Å². The van der Waals surface area contributed by atoms with Crippen molar-refractivity contribution in [2.45, 2.75) is 6.10 Å². The van der Waals surface area contributed by atoms with Crippen LogP contribution >= 0.6 is 27.5 Å². The van der Waals surface area contributed by atoms with Gasteiger partial charge in [-0.25, -0.2) is 4.79 Å². The first kappa shape index (κ1) is 13.9. The number of carboxylic acid groups (broad SMARTS) is 1. The number of carboxylic acids is 1. The lowest BCUT2D eigenvalue weighted by molar-refractivity contribution is -0.145. The van der Waals surface area contributed by atoms with Crippen molar-refractivity contribution < 1.29 is 14.6 Å². The van der Waals surface area contributed by atoms with Crippen LogP contribution in [0.1, 0.15) is 11.7 Å². The number of aliphatic carboxylic acids is 1. The maximum atomic E-state index is 11.3. The Morgan fingerprint density at radius 3 is 2.47 bits per heavy atom. The van der Waals surface area contributed by atoms with Crippen molar-refractivity contribution in [2.75, 3.05) is 0 Å². The van der Waals surface area contributed by atoms with Crippen LogP contribution in [-0.4, -0.2) is 11.1 Å². The molecule has 2 aromatic carbocycles. The Balaban J connectivity index is 2.29. The molecule has 5 heteroatoms. The number of ether oxygens (including phenoxy) is 1. The van der Waals surface area contributed by atoms with Crippen LogP contribution in [0.2, 0.25) is 5.02 Å². The number of halogens is 2. The Kier molecular flexibility index (Phi) is 4.45. The highest BCUT2D eigenvalue weighted by molar-refractivity contribution is 9.10. The van der Waals surface area contributed by atoms with Gasteiger partial charge in [0.1, 0.15) is 5.75 Å². The van der Waals surface area contributed by atoms with Crippen molar-refractivity contribution >= 4 is 33.5 Å². The van der Waals surface area contributed by atoms with E-state index in [4.69, 9.17) is 16.3 Å². The average Bonchev–Trinajstić information content (AvgIpc) is 2.38. The van der Waals surface area contributed by atoms with E-state index in [0.717, 1.165) is 4.47 Å². The van der Waals surface area contributed by atoms with Crippen molar-refractivity contribution in [3.8, 4) is 5.75 Å². The summed E-state index contributed by atoms with van der Waals surface area (Å²) >= 11 is 9.30. The fourth-order valence-corrected chi connectivity index (χ4v) is 2.30. The molecule has 0 bridgehead atoms. The third-order valence-corrected chi connectivity index (χ3v) is 3.25. The van der Waals surface area contributed by atoms with E-state index in [2.05, 4.69) is 15.9 Å².